The number of nitrogens with zero attached hydrogens (tertiary/aromatic N) is 1. The van der Waals surface area contributed by atoms with Gasteiger partial charge in [-0.2, -0.15) is 0 Å². The number of rotatable bonds is 6. The lowest BCUT2D eigenvalue weighted by molar-refractivity contribution is 0.154. The van der Waals surface area contributed by atoms with Gasteiger partial charge in [0.25, 0.3) is 0 Å². The summed E-state index contributed by atoms with van der Waals surface area (Å²) in [5, 5.41) is 11.6. The van der Waals surface area contributed by atoms with E-state index in [-0.39, 0.29) is 0 Å². The molecule has 1 aromatic heterocycles. The molecule has 2 nitrogen and oxygen atoms in total. The third kappa shape index (κ3) is 2.71. The van der Waals surface area contributed by atoms with Crippen molar-refractivity contribution in [2.24, 2.45) is 17.3 Å². The first-order valence-corrected chi connectivity index (χ1v) is 9.23. The fourth-order valence-electron chi connectivity index (χ4n) is 4.58. The van der Waals surface area contributed by atoms with Gasteiger partial charge >= 0.3 is 0 Å². The summed E-state index contributed by atoms with van der Waals surface area (Å²) in [6.07, 6.45) is 11.5. The van der Waals surface area contributed by atoms with Gasteiger partial charge in [-0.3, -0.25) is 4.90 Å². The van der Waals surface area contributed by atoms with Gasteiger partial charge in [-0.15, -0.1) is 11.3 Å². The fraction of sp³-hybridized carbons (Fsp3) is 0.667. The lowest BCUT2D eigenvalue weighted by atomic mass is 10.0. The molecule has 1 N–H and O–H groups in total. The van der Waals surface area contributed by atoms with Crippen molar-refractivity contribution in [2.45, 2.75) is 44.7 Å². The van der Waals surface area contributed by atoms with Crippen molar-refractivity contribution in [1.82, 2.24) is 4.90 Å². The monoisotopic (exact) mass is 303 g/mol. The standard InChI is InChI=1S/C18H25NOS/c20-12-14-5-6-16(9-14)19(11-17-4-2-8-21-17)13-18-7-1-3-15(18)10-18/h2,4-6,8,14-16,20H,1,3,7,9-13H2/t14-,15+,16+,18-/m0/s1. The summed E-state index contributed by atoms with van der Waals surface area (Å²) >= 11 is 1.87. The molecule has 2 fully saturated rings. The molecule has 4 atom stereocenters. The maximum Gasteiger partial charge on any atom is 0.0494 e. The minimum atomic E-state index is 0.299. The van der Waals surface area contributed by atoms with Crippen molar-refractivity contribution in [3.05, 3.63) is 34.5 Å². The molecule has 0 radical (unpaired) electrons. The van der Waals surface area contributed by atoms with Crippen LogP contribution in [0.3, 0.4) is 0 Å². The summed E-state index contributed by atoms with van der Waals surface area (Å²) in [6, 6.07) is 4.95. The van der Waals surface area contributed by atoms with Gasteiger partial charge in [0.1, 0.15) is 0 Å². The number of fused-ring (bicyclic) bond motifs is 1. The largest absolute Gasteiger partial charge is 0.396 e. The van der Waals surface area contributed by atoms with Crippen LogP contribution in [0.25, 0.3) is 0 Å². The lowest BCUT2D eigenvalue weighted by Crippen LogP contribution is -2.37. The third-order valence-electron chi connectivity index (χ3n) is 5.90. The molecular weight excluding hydrogens is 278 g/mol. The van der Waals surface area contributed by atoms with Gasteiger partial charge in [0.05, 0.1) is 0 Å². The Bertz CT molecular complexity index is 511. The first kappa shape index (κ1) is 14.0. The number of hydrogen-bond donors (Lipinski definition) is 1. The van der Waals surface area contributed by atoms with Crippen LogP contribution in [0.4, 0.5) is 0 Å². The van der Waals surface area contributed by atoms with E-state index in [0.717, 1.165) is 18.9 Å². The molecule has 0 saturated heterocycles. The molecule has 114 valence electrons. The number of aliphatic hydroxyl groups excluding tert-OH is 1. The minimum Gasteiger partial charge on any atom is -0.396 e. The predicted molar refractivity (Wildman–Crippen MR) is 87.2 cm³/mol. The van der Waals surface area contributed by atoms with E-state index in [1.807, 2.05) is 11.3 Å². The molecule has 21 heavy (non-hydrogen) atoms. The minimum absolute atomic E-state index is 0.299. The van der Waals surface area contributed by atoms with Crippen LogP contribution < -0.4 is 0 Å². The van der Waals surface area contributed by atoms with E-state index in [0.29, 0.717) is 24.0 Å². The summed E-state index contributed by atoms with van der Waals surface area (Å²) < 4.78 is 0. The van der Waals surface area contributed by atoms with E-state index in [1.165, 1.54) is 37.1 Å². The molecule has 4 rings (SSSR count). The number of thiophene rings is 1. The zero-order chi connectivity index (χ0) is 14.3. The van der Waals surface area contributed by atoms with Crippen LogP contribution in [0.5, 0.6) is 0 Å². The second kappa shape index (κ2) is 5.53. The van der Waals surface area contributed by atoms with Crippen LogP contribution in [0.2, 0.25) is 0 Å². The summed E-state index contributed by atoms with van der Waals surface area (Å²) in [6.45, 7) is 2.65. The van der Waals surface area contributed by atoms with Gasteiger partial charge in [0, 0.05) is 36.5 Å². The van der Waals surface area contributed by atoms with Gasteiger partial charge in [-0.1, -0.05) is 24.6 Å². The summed E-state index contributed by atoms with van der Waals surface area (Å²) in [5.74, 6) is 1.39. The fourth-order valence-corrected chi connectivity index (χ4v) is 5.31. The SMILES string of the molecule is OC[C@H]1C=C[C@@H](N(Cc2cccs2)C[C@@]23CCC[C@@H]2C3)C1. The molecular formula is C18H25NOS. The molecule has 0 amide bonds. The molecule has 2 saturated carbocycles. The quantitative estimate of drug-likeness (QED) is 0.810. The highest BCUT2D eigenvalue weighted by molar-refractivity contribution is 7.09. The van der Waals surface area contributed by atoms with Crippen LogP contribution in [-0.2, 0) is 6.54 Å². The van der Waals surface area contributed by atoms with Crippen molar-refractivity contribution in [3.8, 4) is 0 Å². The first-order valence-electron chi connectivity index (χ1n) is 8.35. The van der Waals surface area contributed by atoms with E-state index < -0.39 is 0 Å². The molecule has 0 spiro atoms. The highest BCUT2D eigenvalue weighted by Crippen LogP contribution is 2.64. The average molecular weight is 303 g/mol. The van der Waals surface area contributed by atoms with Crippen molar-refractivity contribution in [2.75, 3.05) is 13.2 Å². The molecule has 0 aromatic carbocycles. The molecule has 0 unspecified atom stereocenters. The van der Waals surface area contributed by atoms with Crippen LogP contribution in [0.15, 0.2) is 29.7 Å². The Hall–Kier alpha value is -0.640. The Labute approximate surface area is 131 Å². The van der Waals surface area contributed by atoms with Crippen molar-refractivity contribution >= 4 is 11.3 Å². The van der Waals surface area contributed by atoms with Crippen molar-refractivity contribution in [1.29, 1.82) is 0 Å². The van der Waals surface area contributed by atoms with Crippen LogP contribution >= 0.6 is 11.3 Å². The second-order valence-electron chi connectivity index (χ2n) is 7.27. The van der Waals surface area contributed by atoms with Crippen LogP contribution in [0, 0.1) is 17.3 Å². The van der Waals surface area contributed by atoms with E-state index in [9.17, 15) is 5.11 Å². The van der Waals surface area contributed by atoms with Gasteiger partial charge < -0.3 is 5.11 Å². The average Bonchev–Trinajstić information content (AvgIpc) is 3.00. The summed E-state index contributed by atoms with van der Waals surface area (Å²) in [5.41, 5.74) is 0.655. The zero-order valence-corrected chi connectivity index (χ0v) is 13.4. The highest BCUT2D eigenvalue weighted by atomic mass is 32.1. The molecule has 1 aromatic rings. The maximum absolute atomic E-state index is 9.40. The van der Waals surface area contributed by atoms with Crippen molar-refractivity contribution < 1.29 is 5.11 Å². The molecule has 3 aliphatic carbocycles. The number of hydrogen-bond acceptors (Lipinski definition) is 3. The molecule has 0 aliphatic heterocycles. The molecule has 0 bridgehead atoms. The summed E-state index contributed by atoms with van der Waals surface area (Å²) in [4.78, 5) is 4.17. The Morgan fingerprint density at radius 1 is 1.38 bits per heavy atom. The van der Waals surface area contributed by atoms with E-state index in [1.54, 1.807) is 0 Å². The van der Waals surface area contributed by atoms with Crippen LogP contribution in [-0.4, -0.2) is 29.2 Å². The first-order chi connectivity index (χ1) is 10.3. The highest BCUT2D eigenvalue weighted by Gasteiger charge is 2.57. The zero-order valence-electron chi connectivity index (χ0n) is 12.6. The van der Waals surface area contributed by atoms with Crippen molar-refractivity contribution in [3.63, 3.8) is 0 Å². The molecule has 3 aliphatic rings. The Morgan fingerprint density at radius 3 is 2.95 bits per heavy atom. The number of aliphatic hydroxyl groups is 1. The second-order valence-corrected chi connectivity index (χ2v) is 8.30. The Morgan fingerprint density at radius 2 is 2.33 bits per heavy atom. The smallest absolute Gasteiger partial charge is 0.0494 e. The van der Waals surface area contributed by atoms with Gasteiger partial charge in [0.2, 0.25) is 0 Å². The van der Waals surface area contributed by atoms with Gasteiger partial charge in [0.15, 0.2) is 0 Å². The molecule has 1 heterocycles. The lowest BCUT2D eigenvalue weighted by Gasteiger charge is -2.31. The van der Waals surface area contributed by atoms with Gasteiger partial charge in [-0.25, -0.2) is 0 Å². The normalized spacial score (nSPS) is 37.3. The Kier molecular flexibility index (Phi) is 3.68. The predicted octanol–water partition coefficient (Wildman–Crippen LogP) is 3.68. The van der Waals surface area contributed by atoms with E-state index in [4.69, 9.17) is 0 Å². The third-order valence-corrected chi connectivity index (χ3v) is 6.76. The van der Waals surface area contributed by atoms with Crippen LogP contribution in [0.1, 0.15) is 37.0 Å². The van der Waals surface area contributed by atoms with Gasteiger partial charge in [-0.05, 0) is 48.5 Å². The topological polar surface area (TPSA) is 23.5 Å². The van der Waals surface area contributed by atoms with E-state index >= 15 is 0 Å². The maximum atomic E-state index is 9.40. The summed E-state index contributed by atoms with van der Waals surface area (Å²) in [7, 11) is 0. The Balaban J connectivity index is 1.47. The molecule has 3 heteroatoms. The van der Waals surface area contributed by atoms with E-state index in [2.05, 4.69) is 34.6 Å².